The fourth-order valence-electron chi connectivity index (χ4n) is 1.54. The van der Waals surface area contributed by atoms with Gasteiger partial charge in [0.15, 0.2) is 0 Å². The number of benzene rings is 1. The highest BCUT2D eigenvalue weighted by atomic mass is 14.0. The summed E-state index contributed by atoms with van der Waals surface area (Å²) in [6.07, 6.45) is 8.98. The van der Waals surface area contributed by atoms with E-state index in [0.29, 0.717) is 0 Å². The Morgan fingerprint density at radius 3 is 2.36 bits per heavy atom. The molecule has 0 atom stereocenters. The van der Waals surface area contributed by atoms with E-state index in [1.165, 1.54) is 43.2 Å². The standard InChI is InChI=1S/C14H21/c1-3-4-5-6-7-8-14-11-9-13(2)10-12-14/h8-12H,3-7H2,1-2H3. The Labute approximate surface area is 88.4 Å². The number of unbranched alkanes of at least 4 members (excludes halogenated alkanes) is 4. The van der Waals surface area contributed by atoms with Crippen molar-refractivity contribution in [2.75, 3.05) is 0 Å². The molecular formula is C14H21. The summed E-state index contributed by atoms with van der Waals surface area (Å²) in [5, 5.41) is 0. The van der Waals surface area contributed by atoms with E-state index in [1.807, 2.05) is 0 Å². The van der Waals surface area contributed by atoms with E-state index in [9.17, 15) is 0 Å². The van der Waals surface area contributed by atoms with Gasteiger partial charge in [-0.25, -0.2) is 0 Å². The summed E-state index contributed by atoms with van der Waals surface area (Å²) in [6, 6.07) is 8.76. The zero-order valence-electron chi connectivity index (χ0n) is 9.42. The Morgan fingerprint density at radius 1 is 1.00 bits per heavy atom. The predicted octanol–water partition coefficient (Wildman–Crippen LogP) is 4.52. The van der Waals surface area contributed by atoms with Crippen LogP contribution in [0.1, 0.15) is 50.2 Å². The molecule has 77 valence electrons. The van der Waals surface area contributed by atoms with Crippen LogP contribution in [0.25, 0.3) is 0 Å². The van der Waals surface area contributed by atoms with Crippen LogP contribution in [0.15, 0.2) is 24.3 Å². The highest BCUT2D eigenvalue weighted by Crippen LogP contribution is 2.11. The first-order valence-electron chi connectivity index (χ1n) is 5.73. The molecule has 0 spiro atoms. The van der Waals surface area contributed by atoms with E-state index in [-0.39, 0.29) is 0 Å². The largest absolute Gasteiger partial charge is 0.0654 e. The molecule has 0 saturated heterocycles. The molecule has 1 rings (SSSR count). The average molecular weight is 189 g/mol. The van der Waals surface area contributed by atoms with Gasteiger partial charge in [0.25, 0.3) is 0 Å². The lowest BCUT2D eigenvalue weighted by molar-refractivity contribution is 0.665. The van der Waals surface area contributed by atoms with Crippen LogP contribution in [0.2, 0.25) is 0 Å². The van der Waals surface area contributed by atoms with Gasteiger partial charge in [0.2, 0.25) is 0 Å². The molecule has 1 aromatic rings. The molecule has 0 aliphatic rings. The molecule has 0 nitrogen and oxygen atoms in total. The van der Waals surface area contributed by atoms with Crippen molar-refractivity contribution in [2.24, 2.45) is 0 Å². The van der Waals surface area contributed by atoms with Crippen molar-refractivity contribution in [1.29, 1.82) is 0 Å². The summed E-state index contributed by atoms with van der Waals surface area (Å²) in [7, 11) is 0. The Bertz CT molecular complexity index is 233. The maximum Gasteiger partial charge on any atom is -0.00931 e. The van der Waals surface area contributed by atoms with Crippen LogP contribution < -0.4 is 0 Å². The fourth-order valence-corrected chi connectivity index (χ4v) is 1.54. The molecule has 0 heteroatoms. The van der Waals surface area contributed by atoms with Crippen molar-refractivity contribution >= 4 is 0 Å². The zero-order valence-corrected chi connectivity index (χ0v) is 9.42. The summed E-state index contributed by atoms with van der Waals surface area (Å²) in [5.74, 6) is 0. The van der Waals surface area contributed by atoms with Crippen molar-refractivity contribution < 1.29 is 0 Å². The van der Waals surface area contributed by atoms with Gasteiger partial charge in [-0.05, 0) is 25.3 Å². The summed E-state index contributed by atoms with van der Waals surface area (Å²) in [5.41, 5.74) is 2.71. The van der Waals surface area contributed by atoms with Crippen LogP contribution in [-0.2, 0) is 0 Å². The van der Waals surface area contributed by atoms with E-state index >= 15 is 0 Å². The van der Waals surface area contributed by atoms with Gasteiger partial charge in [-0.15, -0.1) is 0 Å². The number of aryl methyl sites for hydroxylation is 1. The minimum atomic E-state index is 1.23. The van der Waals surface area contributed by atoms with Gasteiger partial charge < -0.3 is 0 Å². The molecule has 0 unspecified atom stereocenters. The first kappa shape index (κ1) is 11.3. The van der Waals surface area contributed by atoms with Gasteiger partial charge in [0.1, 0.15) is 0 Å². The van der Waals surface area contributed by atoms with E-state index in [0.717, 1.165) is 0 Å². The van der Waals surface area contributed by atoms with Gasteiger partial charge in [0.05, 0.1) is 0 Å². The van der Waals surface area contributed by atoms with Crippen LogP contribution in [-0.4, -0.2) is 0 Å². The van der Waals surface area contributed by atoms with Crippen molar-refractivity contribution in [2.45, 2.75) is 46.0 Å². The van der Waals surface area contributed by atoms with Crippen LogP contribution >= 0.6 is 0 Å². The van der Waals surface area contributed by atoms with E-state index in [1.54, 1.807) is 0 Å². The van der Waals surface area contributed by atoms with E-state index in [4.69, 9.17) is 0 Å². The quantitative estimate of drug-likeness (QED) is 0.577. The van der Waals surface area contributed by atoms with Crippen LogP contribution in [0.4, 0.5) is 0 Å². The molecule has 0 aromatic heterocycles. The molecule has 0 N–H and O–H groups in total. The number of hydrogen-bond acceptors (Lipinski definition) is 0. The Balaban J connectivity index is 2.15. The molecular weight excluding hydrogens is 168 g/mol. The molecule has 0 fully saturated rings. The van der Waals surface area contributed by atoms with Crippen molar-refractivity contribution in [3.63, 3.8) is 0 Å². The molecule has 0 aliphatic heterocycles. The Kier molecular flexibility index (Phi) is 5.36. The van der Waals surface area contributed by atoms with Crippen LogP contribution in [0.3, 0.4) is 0 Å². The van der Waals surface area contributed by atoms with Crippen molar-refractivity contribution in [3.8, 4) is 0 Å². The second-order valence-corrected chi connectivity index (χ2v) is 3.96. The van der Waals surface area contributed by atoms with Gasteiger partial charge >= 0.3 is 0 Å². The second kappa shape index (κ2) is 6.64. The minimum absolute atomic E-state index is 1.23. The van der Waals surface area contributed by atoms with Crippen LogP contribution in [0.5, 0.6) is 0 Å². The highest BCUT2D eigenvalue weighted by Gasteiger charge is 1.93. The number of hydrogen-bond donors (Lipinski definition) is 0. The first-order chi connectivity index (χ1) is 6.83. The summed E-state index contributed by atoms with van der Waals surface area (Å²) in [4.78, 5) is 0. The topological polar surface area (TPSA) is 0 Å². The minimum Gasteiger partial charge on any atom is -0.0654 e. The SMILES string of the molecule is CCCCCC[CH]c1ccc(C)cc1. The van der Waals surface area contributed by atoms with E-state index in [2.05, 4.69) is 44.5 Å². The lowest BCUT2D eigenvalue weighted by atomic mass is 10.0. The fraction of sp³-hybridized carbons (Fsp3) is 0.500. The molecule has 14 heavy (non-hydrogen) atoms. The highest BCUT2D eigenvalue weighted by molar-refractivity contribution is 5.26. The van der Waals surface area contributed by atoms with Gasteiger partial charge in [-0.1, -0.05) is 62.4 Å². The van der Waals surface area contributed by atoms with Crippen LogP contribution in [0, 0.1) is 13.3 Å². The van der Waals surface area contributed by atoms with Crippen molar-refractivity contribution in [1.82, 2.24) is 0 Å². The molecule has 0 heterocycles. The van der Waals surface area contributed by atoms with Gasteiger partial charge in [0, 0.05) is 0 Å². The monoisotopic (exact) mass is 189 g/mol. The Morgan fingerprint density at radius 2 is 1.71 bits per heavy atom. The first-order valence-corrected chi connectivity index (χ1v) is 5.73. The summed E-state index contributed by atoms with van der Waals surface area (Å²) < 4.78 is 0. The maximum absolute atomic E-state index is 2.34. The molecule has 0 amide bonds. The molecule has 1 aromatic carbocycles. The molecule has 0 saturated carbocycles. The van der Waals surface area contributed by atoms with Gasteiger partial charge in [-0.3, -0.25) is 0 Å². The average Bonchev–Trinajstić information content (AvgIpc) is 2.21. The summed E-state index contributed by atoms with van der Waals surface area (Å²) in [6.45, 7) is 4.38. The second-order valence-electron chi connectivity index (χ2n) is 3.96. The third kappa shape index (κ3) is 4.45. The molecule has 1 radical (unpaired) electrons. The molecule has 0 aliphatic carbocycles. The van der Waals surface area contributed by atoms with Crippen molar-refractivity contribution in [3.05, 3.63) is 41.8 Å². The normalized spacial score (nSPS) is 10.4. The van der Waals surface area contributed by atoms with E-state index < -0.39 is 0 Å². The maximum atomic E-state index is 2.34. The Hall–Kier alpha value is -0.780. The summed E-state index contributed by atoms with van der Waals surface area (Å²) >= 11 is 0. The van der Waals surface area contributed by atoms with Gasteiger partial charge in [-0.2, -0.15) is 0 Å². The predicted molar refractivity (Wildman–Crippen MR) is 63.3 cm³/mol. The zero-order chi connectivity index (χ0) is 10.2. The third-order valence-corrected chi connectivity index (χ3v) is 2.52. The lowest BCUT2D eigenvalue weighted by Crippen LogP contribution is -1.83. The lowest BCUT2D eigenvalue weighted by Gasteiger charge is -2.01. The third-order valence-electron chi connectivity index (χ3n) is 2.52. The smallest absolute Gasteiger partial charge is 0.00931 e. The molecule has 0 bridgehead atoms. The number of rotatable bonds is 6.